The van der Waals surface area contributed by atoms with Gasteiger partial charge in [0.2, 0.25) is 5.91 Å². The molecule has 0 bridgehead atoms. The molecule has 2 unspecified atom stereocenters. The number of rotatable bonds is 7. The number of carbonyl (C=O) groups excluding carboxylic acids is 1. The molecule has 6 heteroatoms. The van der Waals surface area contributed by atoms with Gasteiger partial charge in [-0.3, -0.25) is 9.69 Å². The molecule has 0 aliphatic heterocycles. The van der Waals surface area contributed by atoms with Crippen molar-refractivity contribution in [2.75, 3.05) is 19.6 Å². The highest BCUT2D eigenvalue weighted by Gasteiger charge is 2.21. The van der Waals surface area contributed by atoms with Crippen molar-refractivity contribution in [1.29, 1.82) is 0 Å². The number of likely N-dealkylation sites (N-methyl/N-ethyl adjacent to an activating group) is 1. The number of amides is 1. The highest BCUT2D eigenvalue weighted by atomic mass is 35.5. The normalized spacial score (nSPS) is 13.7. The van der Waals surface area contributed by atoms with Gasteiger partial charge in [0, 0.05) is 6.54 Å². The van der Waals surface area contributed by atoms with Crippen LogP contribution in [0.5, 0.6) is 0 Å². The van der Waals surface area contributed by atoms with Gasteiger partial charge >= 0.3 is 0 Å². The maximum Gasteiger partial charge on any atom is 0.236 e. The summed E-state index contributed by atoms with van der Waals surface area (Å²) in [6.45, 7) is 8.16. The first-order chi connectivity index (χ1) is 8.60. The van der Waals surface area contributed by atoms with Gasteiger partial charge in [0.05, 0.1) is 18.3 Å². The summed E-state index contributed by atoms with van der Waals surface area (Å²) < 4.78 is 5.45. The molecule has 3 N–H and O–H groups in total. The lowest BCUT2D eigenvalue weighted by atomic mass is 10.1. The molecule has 0 fully saturated rings. The summed E-state index contributed by atoms with van der Waals surface area (Å²) in [7, 11) is 0. The Kier molecular flexibility index (Phi) is 8.47. The number of nitrogens with zero attached hydrogens (tertiary/aromatic N) is 1. The Labute approximate surface area is 120 Å². The summed E-state index contributed by atoms with van der Waals surface area (Å²) in [4.78, 5) is 13.8. The molecule has 0 aromatic carbocycles. The molecule has 19 heavy (non-hydrogen) atoms. The Balaban J connectivity index is 0.00000324. The van der Waals surface area contributed by atoms with Crippen LogP contribution in [-0.4, -0.2) is 36.5 Å². The number of hydrogen-bond acceptors (Lipinski definition) is 4. The van der Waals surface area contributed by atoms with Gasteiger partial charge in [-0.15, -0.1) is 12.4 Å². The van der Waals surface area contributed by atoms with Crippen LogP contribution in [0.3, 0.4) is 0 Å². The minimum atomic E-state index is -0.487. The number of hydrogen-bond donors (Lipinski definition) is 2. The van der Waals surface area contributed by atoms with E-state index in [0.717, 1.165) is 18.8 Å². The SMILES string of the molecule is CCN(CC)C(CNC(=O)C(C)N)c1ccco1.Cl. The lowest BCUT2D eigenvalue weighted by molar-refractivity contribution is -0.122. The maximum atomic E-state index is 11.5. The van der Waals surface area contributed by atoms with Crippen molar-refractivity contribution >= 4 is 18.3 Å². The van der Waals surface area contributed by atoms with Gasteiger partial charge in [0.15, 0.2) is 0 Å². The van der Waals surface area contributed by atoms with E-state index in [4.69, 9.17) is 10.2 Å². The summed E-state index contributed by atoms with van der Waals surface area (Å²) in [5, 5.41) is 2.85. The largest absolute Gasteiger partial charge is 0.468 e. The van der Waals surface area contributed by atoms with Gasteiger partial charge in [0.25, 0.3) is 0 Å². The molecule has 1 amide bonds. The van der Waals surface area contributed by atoms with Gasteiger partial charge in [-0.05, 0) is 32.1 Å². The van der Waals surface area contributed by atoms with Gasteiger partial charge in [-0.2, -0.15) is 0 Å². The van der Waals surface area contributed by atoms with Crippen LogP contribution in [0.25, 0.3) is 0 Å². The van der Waals surface area contributed by atoms with E-state index in [2.05, 4.69) is 24.1 Å². The highest BCUT2D eigenvalue weighted by Crippen LogP contribution is 2.20. The van der Waals surface area contributed by atoms with Gasteiger partial charge < -0.3 is 15.5 Å². The van der Waals surface area contributed by atoms with E-state index in [1.165, 1.54) is 0 Å². The van der Waals surface area contributed by atoms with Crippen molar-refractivity contribution in [1.82, 2.24) is 10.2 Å². The zero-order valence-electron chi connectivity index (χ0n) is 11.8. The Morgan fingerprint density at radius 1 is 1.47 bits per heavy atom. The first-order valence-corrected chi connectivity index (χ1v) is 6.40. The van der Waals surface area contributed by atoms with E-state index >= 15 is 0 Å². The second-order valence-electron chi connectivity index (χ2n) is 4.29. The standard InChI is InChI=1S/C13H23N3O2.ClH/c1-4-16(5-2)11(12-7-6-8-18-12)9-15-13(17)10(3)14;/h6-8,10-11H,4-5,9,14H2,1-3H3,(H,15,17);1H. The number of halogens is 1. The molecule has 0 aliphatic carbocycles. The first-order valence-electron chi connectivity index (χ1n) is 6.40. The van der Waals surface area contributed by atoms with E-state index in [1.807, 2.05) is 12.1 Å². The summed E-state index contributed by atoms with van der Waals surface area (Å²) in [6, 6.07) is 3.36. The monoisotopic (exact) mass is 289 g/mol. The third-order valence-electron chi connectivity index (χ3n) is 3.01. The second kappa shape index (κ2) is 8.96. The quantitative estimate of drug-likeness (QED) is 0.799. The molecular formula is C13H24ClN3O2. The zero-order chi connectivity index (χ0) is 13.5. The fraction of sp³-hybridized carbons (Fsp3) is 0.615. The molecule has 0 saturated carbocycles. The Bertz CT molecular complexity index is 351. The first kappa shape index (κ1) is 18.0. The van der Waals surface area contributed by atoms with E-state index in [1.54, 1.807) is 13.2 Å². The van der Waals surface area contributed by atoms with Crippen LogP contribution in [0.1, 0.15) is 32.6 Å². The molecule has 0 saturated heterocycles. The summed E-state index contributed by atoms with van der Waals surface area (Å²) >= 11 is 0. The molecule has 1 rings (SSSR count). The Hall–Kier alpha value is -1.04. The number of nitrogens with two attached hydrogens (primary N) is 1. The van der Waals surface area contributed by atoms with Crippen molar-refractivity contribution in [3.05, 3.63) is 24.2 Å². The molecule has 0 aliphatic rings. The zero-order valence-corrected chi connectivity index (χ0v) is 12.6. The predicted molar refractivity (Wildman–Crippen MR) is 78.3 cm³/mol. The van der Waals surface area contributed by atoms with Gasteiger partial charge in [0.1, 0.15) is 5.76 Å². The smallest absolute Gasteiger partial charge is 0.236 e. The molecule has 2 atom stereocenters. The average molecular weight is 290 g/mol. The minimum Gasteiger partial charge on any atom is -0.468 e. The van der Waals surface area contributed by atoms with Gasteiger partial charge in [-0.25, -0.2) is 0 Å². The van der Waals surface area contributed by atoms with Crippen molar-refractivity contribution in [2.45, 2.75) is 32.9 Å². The number of furan rings is 1. The van der Waals surface area contributed by atoms with Crippen LogP contribution in [0.15, 0.2) is 22.8 Å². The van der Waals surface area contributed by atoms with E-state index < -0.39 is 6.04 Å². The summed E-state index contributed by atoms with van der Waals surface area (Å²) in [5.74, 6) is 0.724. The lowest BCUT2D eigenvalue weighted by Crippen LogP contribution is -2.43. The average Bonchev–Trinajstić information content (AvgIpc) is 2.87. The molecule has 1 aromatic heterocycles. The summed E-state index contributed by atoms with van der Waals surface area (Å²) in [6.07, 6.45) is 1.65. The van der Waals surface area contributed by atoms with Crippen LogP contribution < -0.4 is 11.1 Å². The van der Waals surface area contributed by atoms with Crippen LogP contribution in [0, 0.1) is 0 Å². The van der Waals surface area contributed by atoms with E-state index in [0.29, 0.717) is 6.54 Å². The minimum absolute atomic E-state index is 0. The predicted octanol–water partition coefficient (Wildman–Crippen LogP) is 1.55. The van der Waals surface area contributed by atoms with Crippen molar-refractivity contribution in [3.63, 3.8) is 0 Å². The third-order valence-corrected chi connectivity index (χ3v) is 3.01. The Morgan fingerprint density at radius 3 is 2.53 bits per heavy atom. The van der Waals surface area contributed by atoms with Crippen LogP contribution in [0.4, 0.5) is 0 Å². The third kappa shape index (κ3) is 5.22. The van der Waals surface area contributed by atoms with Gasteiger partial charge in [-0.1, -0.05) is 13.8 Å². The number of nitrogens with one attached hydrogen (secondary N) is 1. The maximum absolute atomic E-state index is 11.5. The molecule has 0 radical (unpaired) electrons. The molecule has 1 aromatic rings. The Morgan fingerprint density at radius 2 is 2.11 bits per heavy atom. The number of carbonyl (C=O) groups is 1. The molecular weight excluding hydrogens is 266 g/mol. The van der Waals surface area contributed by atoms with Crippen molar-refractivity contribution < 1.29 is 9.21 Å². The van der Waals surface area contributed by atoms with Crippen LogP contribution >= 0.6 is 12.4 Å². The highest BCUT2D eigenvalue weighted by molar-refractivity contribution is 5.85. The lowest BCUT2D eigenvalue weighted by Gasteiger charge is -2.28. The molecule has 5 nitrogen and oxygen atoms in total. The van der Waals surface area contributed by atoms with Crippen LogP contribution in [-0.2, 0) is 4.79 Å². The second-order valence-corrected chi connectivity index (χ2v) is 4.29. The topological polar surface area (TPSA) is 71.5 Å². The summed E-state index contributed by atoms with van der Waals surface area (Å²) in [5.41, 5.74) is 5.53. The van der Waals surface area contributed by atoms with E-state index in [-0.39, 0.29) is 24.4 Å². The molecule has 0 spiro atoms. The van der Waals surface area contributed by atoms with E-state index in [9.17, 15) is 4.79 Å². The van der Waals surface area contributed by atoms with Crippen molar-refractivity contribution in [3.8, 4) is 0 Å². The fourth-order valence-electron chi connectivity index (χ4n) is 1.91. The fourth-order valence-corrected chi connectivity index (χ4v) is 1.91. The van der Waals surface area contributed by atoms with Crippen LogP contribution in [0.2, 0.25) is 0 Å². The van der Waals surface area contributed by atoms with Crippen molar-refractivity contribution in [2.24, 2.45) is 5.73 Å². The molecule has 1 heterocycles. The molecule has 110 valence electrons.